The average Bonchev–Trinajstić information content (AvgIpc) is 2.89. The minimum absolute atomic E-state index is 0.969. The number of hydrogen-bond donors (Lipinski definition) is 0. The zero-order chi connectivity index (χ0) is 13.5. The first-order chi connectivity index (χ1) is 9.79. The summed E-state index contributed by atoms with van der Waals surface area (Å²) in [6.07, 6.45) is 1.11. The quantitative estimate of drug-likeness (QED) is 0.640. The van der Waals surface area contributed by atoms with Crippen LogP contribution in [0.15, 0.2) is 46.9 Å². The Hall–Kier alpha value is -1.39. The van der Waals surface area contributed by atoms with Gasteiger partial charge in [-0.3, -0.25) is 0 Å². The number of hydrogen-bond acceptors (Lipinski definition) is 3. The molecule has 0 aliphatic carbocycles. The van der Waals surface area contributed by atoms with E-state index in [2.05, 4.69) is 63.3 Å². The van der Waals surface area contributed by atoms with Gasteiger partial charge in [0.25, 0.3) is 0 Å². The molecule has 0 N–H and O–H groups in total. The van der Waals surface area contributed by atoms with E-state index >= 15 is 0 Å². The van der Waals surface area contributed by atoms with Crippen molar-refractivity contribution in [1.82, 2.24) is 4.98 Å². The fourth-order valence-corrected chi connectivity index (χ4v) is 4.22. The maximum Gasteiger partial charge on any atom is 0.186 e. The Morgan fingerprint density at radius 3 is 2.85 bits per heavy atom. The van der Waals surface area contributed by atoms with E-state index in [1.54, 1.807) is 11.3 Å². The number of fused-ring (bicyclic) bond motifs is 2. The lowest BCUT2D eigenvalue weighted by molar-refractivity contribution is 0.730. The molecular formula is C16H13BrN2S. The summed E-state index contributed by atoms with van der Waals surface area (Å²) in [5.74, 6) is 0. The maximum absolute atomic E-state index is 4.77. The van der Waals surface area contributed by atoms with E-state index in [0.717, 1.165) is 34.6 Å². The fraction of sp³-hybridized carbons (Fsp3) is 0.188. The Morgan fingerprint density at radius 1 is 1.10 bits per heavy atom. The Bertz CT molecular complexity index is 781. The first-order valence-electron chi connectivity index (χ1n) is 6.67. The van der Waals surface area contributed by atoms with E-state index in [9.17, 15) is 0 Å². The molecule has 20 heavy (non-hydrogen) atoms. The largest absolute Gasteiger partial charge is 0.343 e. The molecular weight excluding hydrogens is 332 g/mol. The van der Waals surface area contributed by atoms with Crippen molar-refractivity contribution in [2.75, 3.05) is 11.4 Å². The van der Waals surface area contributed by atoms with E-state index in [4.69, 9.17) is 4.98 Å². The number of halogens is 1. The van der Waals surface area contributed by atoms with Crippen LogP contribution in [0.25, 0.3) is 10.2 Å². The van der Waals surface area contributed by atoms with Crippen LogP contribution in [-0.4, -0.2) is 11.5 Å². The summed E-state index contributed by atoms with van der Waals surface area (Å²) in [6, 6.07) is 15.0. The molecule has 2 nitrogen and oxygen atoms in total. The number of aromatic nitrogens is 1. The lowest BCUT2D eigenvalue weighted by atomic mass is 10.0. The third-order valence-electron chi connectivity index (χ3n) is 3.74. The van der Waals surface area contributed by atoms with Gasteiger partial charge in [0, 0.05) is 17.6 Å². The van der Waals surface area contributed by atoms with Crippen LogP contribution in [0.2, 0.25) is 0 Å². The lowest BCUT2D eigenvalue weighted by Crippen LogP contribution is -2.30. The number of thiazole rings is 1. The fourth-order valence-electron chi connectivity index (χ4n) is 2.68. The molecule has 1 aliphatic rings. The molecule has 3 aromatic rings. The Kier molecular flexibility index (Phi) is 3.00. The van der Waals surface area contributed by atoms with E-state index < -0.39 is 0 Å². The SMILES string of the molecule is Brc1ccc2nc(N3CCc4ccccc4C3)sc2c1. The van der Waals surface area contributed by atoms with Crippen molar-refractivity contribution in [2.45, 2.75) is 13.0 Å². The molecule has 0 bridgehead atoms. The van der Waals surface area contributed by atoms with Gasteiger partial charge in [0.2, 0.25) is 0 Å². The highest BCUT2D eigenvalue weighted by Gasteiger charge is 2.18. The second-order valence-corrected chi connectivity index (χ2v) is 6.97. The van der Waals surface area contributed by atoms with Crippen LogP contribution in [0, 0.1) is 0 Å². The number of anilines is 1. The molecule has 2 heterocycles. The van der Waals surface area contributed by atoms with Crippen LogP contribution >= 0.6 is 27.3 Å². The van der Waals surface area contributed by atoms with E-state index in [1.807, 2.05) is 0 Å². The molecule has 0 saturated carbocycles. The van der Waals surface area contributed by atoms with Crippen molar-refractivity contribution in [3.05, 3.63) is 58.1 Å². The highest BCUT2D eigenvalue weighted by atomic mass is 79.9. The Labute approximate surface area is 130 Å². The van der Waals surface area contributed by atoms with Gasteiger partial charge in [0.1, 0.15) is 0 Å². The monoisotopic (exact) mass is 344 g/mol. The van der Waals surface area contributed by atoms with Gasteiger partial charge in [0.05, 0.1) is 10.2 Å². The first-order valence-corrected chi connectivity index (χ1v) is 8.28. The predicted molar refractivity (Wildman–Crippen MR) is 88.5 cm³/mol. The summed E-state index contributed by atoms with van der Waals surface area (Å²) in [5, 5.41) is 1.13. The third kappa shape index (κ3) is 2.13. The zero-order valence-electron chi connectivity index (χ0n) is 10.8. The summed E-state index contributed by atoms with van der Waals surface area (Å²) in [6.45, 7) is 2.02. The van der Waals surface area contributed by atoms with E-state index in [0.29, 0.717) is 0 Å². The van der Waals surface area contributed by atoms with Crippen LogP contribution in [-0.2, 0) is 13.0 Å². The second kappa shape index (κ2) is 4.86. The van der Waals surface area contributed by atoms with Crippen LogP contribution in [0.4, 0.5) is 5.13 Å². The van der Waals surface area contributed by atoms with E-state index in [-0.39, 0.29) is 0 Å². The minimum atomic E-state index is 0.969. The summed E-state index contributed by atoms with van der Waals surface area (Å²) in [4.78, 5) is 7.16. The molecule has 0 fully saturated rings. The van der Waals surface area contributed by atoms with Crippen LogP contribution in [0.3, 0.4) is 0 Å². The minimum Gasteiger partial charge on any atom is -0.343 e. The van der Waals surface area contributed by atoms with Crippen molar-refractivity contribution in [3.8, 4) is 0 Å². The molecule has 0 saturated heterocycles. The third-order valence-corrected chi connectivity index (χ3v) is 5.31. The first kappa shape index (κ1) is 12.4. The van der Waals surface area contributed by atoms with Gasteiger partial charge in [-0.05, 0) is 35.7 Å². The summed E-state index contributed by atoms with van der Waals surface area (Å²) < 4.78 is 2.36. The zero-order valence-corrected chi connectivity index (χ0v) is 13.2. The van der Waals surface area contributed by atoms with Gasteiger partial charge in [0.15, 0.2) is 5.13 Å². The predicted octanol–water partition coefficient (Wildman–Crippen LogP) is 4.62. The van der Waals surface area contributed by atoms with Crippen molar-refractivity contribution in [2.24, 2.45) is 0 Å². The van der Waals surface area contributed by atoms with Crippen molar-refractivity contribution in [1.29, 1.82) is 0 Å². The van der Waals surface area contributed by atoms with Gasteiger partial charge in [-0.2, -0.15) is 0 Å². The maximum atomic E-state index is 4.77. The molecule has 0 spiro atoms. The molecule has 2 aromatic carbocycles. The standard InChI is InChI=1S/C16H13BrN2S/c17-13-5-6-14-15(9-13)20-16(18-14)19-8-7-11-3-1-2-4-12(11)10-19/h1-6,9H,7-8,10H2. The average molecular weight is 345 g/mol. The normalized spacial score (nSPS) is 14.6. The van der Waals surface area contributed by atoms with Gasteiger partial charge in [-0.15, -0.1) is 0 Å². The molecule has 0 radical (unpaired) electrons. The molecule has 0 unspecified atom stereocenters. The molecule has 4 rings (SSSR count). The summed E-state index contributed by atoms with van der Waals surface area (Å²) in [5.41, 5.74) is 4.00. The number of nitrogens with zero attached hydrogens (tertiary/aromatic N) is 2. The number of rotatable bonds is 1. The highest BCUT2D eigenvalue weighted by molar-refractivity contribution is 9.10. The molecule has 0 amide bonds. The van der Waals surface area contributed by atoms with Crippen LogP contribution in [0.5, 0.6) is 0 Å². The lowest BCUT2D eigenvalue weighted by Gasteiger charge is -2.28. The smallest absolute Gasteiger partial charge is 0.186 e. The topological polar surface area (TPSA) is 16.1 Å². The highest BCUT2D eigenvalue weighted by Crippen LogP contribution is 2.33. The molecule has 0 atom stereocenters. The van der Waals surface area contributed by atoms with Crippen LogP contribution in [0.1, 0.15) is 11.1 Å². The van der Waals surface area contributed by atoms with Gasteiger partial charge in [-0.25, -0.2) is 4.98 Å². The molecule has 4 heteroatoms. The number of benzene rings is 2. The molecule has 100 valence electrons. The molecule has 1 aliphatic heterocycles. The summed E-state index contributed by atoms with van der Waals surface area (Å²) >= 11 is 5.30. The van der Waals surface area contributed by atoms with Crippen molar-refractivity contribution < 1.29 is 0 Å². The van der Waals surface area contributed by atoms with E-state index in [1.165, 1.54) is 15.8 Å². The van der Waals surface area contributed by atoms with Crippen molar-refractivity contribution >= 4 is 42.6 Å². The second-order valence-electron chi connectivity index (χ2n) is 5.05. The van der Waals surface area contributed by atoms with Gasteiger partial charge >= 0.3 is 0 Å². The van der Waals surface area contributed by atoms with Crippen molar-refractivity contribution in [3.63, 3.8) is 0 Å². The van der Waals surface area contributed by atoms with Gasteiger partial charge < -0.3 is 4.90 Å². The van der Waals surface area contributed by atoms with Crippen LogP contribution < -0.4 is 4.90 Å². The molecule has 1 aromatic heterocycles. The summed E-state index contributed by atoms with van der Waals surface area (Å²) in [7, 11) is 0. The Balaban J connectivity index is 1.70. The van der Waals surface area contributed by atoms with Gasteiger partial charge in [-0.1, -0.05) is 51.5 Å². The Morgan fingerprint density at radius 2 is 1.95 bits per heavy atom.